The molecule has 1 N–H and O–H groups in total. The van der Waals surface area contributed by atoms with Crippen molar-refractivity contribution in [2.75, 3.05) is 45.9 Å². The van der Waals surface area contributed by atoms with E-state index in [0.29, 0.717) is 13.2 Å². The Labute approximate surface area is 188 Å². The van der Waals surface area contributed by atoms with Gasteiger partial charge in [0.1, 0.15) is 4.90 Å². The quantitative estimate of drug-likeness (QED) is 0.652. The molecule has 1 aromatic carbocycles. The molecule has 30 heavy (non-hydrogen) atoms. The minimum Gasteiger partial charge on any atom is -0.379 e. The van der Waals surface area contributed by atoms with Crippen molar-refractivity contribution >= 4 is 39.1 Å². The number of rotatable bonds is 7. The molecule has 0 bridgehead atoms. The van der Waals surface area contributed by atoms with Crippen molar-refractivity contribution in [2.45, 2.75) is 43.5 Å². The maximum atomic E-state index is 13.0. The lowest BCUT2D eigenvalue weighted by Gasteiger charge is -2.32. The molecule has 0 atom stereocenters. The van der Waals surface area contributed by atoms with Gasteiger partial charge in [0.25, 0.3) is 5.91 Å². The third kappa shape index (κ3) is 5.66. The molecule has 2 fully saturated rings. The molecule has 0 unspecified atom stereocenters. The second-order valence-electron chi connectivity index (χ2n) is 7.72. The molecule has 1 aromatic rings. The Bertz CT molecular complexity index is 852. The molecule has 3 rings (SSSR count). The van der Waals surface area contributed by atoms with Crippen molar-refractivity contribution in [2.24, 2.45) is 0 Å². The van der Waals surface area contributed by atoms with Gasteiger partial charge < -0.3 is 15.0 Å². The number of halogens is 2. The summed E-state index contributed by atoms with van der Waals surface area (Å²) in [7, 11) is -3.84. The molecule has 10 heteroatoms. The first kappa shape index (κ1) is 23.8. The molecule has 2 aliphatic heterocycles. The molecule has 1 amide bonds. The highest BCUT2D eigenvalue weighted by atomic mass is 35.5. The van der Waals surface area contributed by atoms with E-state index >= 15 is 0 Å². The van der Waals surface area contributed by atoms with Gasteiger partial charge in [0.2, 0.25) is 10.0 Å². The molecular weight excluding hydrogens is 449 g/mol. The number of amides is 1. The number of sulfonamides is 1. The summed E-state index contributed by atoms with van der Waals surface area (Å²) in [6.45, 7) is 6.30. The Morgan fingerprint density at radius 2 is 1.80 bits per heavy atom. The number of likely N-dealkylation sites (tertiary alicyclic amines) is 1. The van der Waals surface area contributed by atoms with Crippen LogP contribution in [0.5, 0.6) is 0 Å². The van der Waals surface area contributed by atoms with E-state index in [9.17, 15) is 13.2 Å². The number of carbonyl (C=O) groups is 1. The van der Waals surface area contributed by atoms with Crippen molar-refractivity contribution in [3.63, 3.8) is 0 Å². The zero-order chi connectivity index (χ0) is 21.7. The summed E-state index contributed by atoms with van der Waals surface area (Å²) in [5.41, 5.74) is 0.126. The van der Waals surface area contributed by atoms with Crippen LogP contribution in [0.4, 0.5) is 0 Å². The summed E-state index contributed by atoms with van der Waals surface area (Å²) in [4.78, 5) is 15.2. The lowest BCUT2D eigenvalue weighted by Crippen LogP contribution is -2.45. The first-order chi connectivity index (χ1) is 14.3. The molecule has 0 spiro atoms. The summed E-state index contributed by atoms with van der Waals surface area (Å²) in [5.74, 6) is -0.373. The molecule has 2 saturated heterocycles. The Kier molecular flexibility index (Phi) is 8.40. The summed E-state index contributed by atoms with van der Waals surface area (Å²) >= 11 is 12.4. The van der Waals surface area contributed by atoms with Crippen LogP contribution in [-0.4, -0.2) is 75.5 Å². The van der Waals surface area contributed by atoms with Crippen molar-refractivity contribution in [3.05, 3.63) is 27.7 Å². The van der Waals surface area contributed by atoms with E-state index in [1.54, 1.807) is 0 Å². The van der Waals surface area contributed by atoms with E-state index in [1.807, 2.05) is 0 Å². The highest BCUT2D eigenvalue weighted by Gasteiger charge is 2.30. The zero-order valence-corrected chi connectivity index (χ0v) is 19.5. The highest BCUT2D eigenvalue weighted by Crippen LogP contribution is 2.31. The van der Waals surface area contributed by atoms with E-state index in [4.69, 9.17) is 27.9 Å². The Morgan fingerprint density at radius 3 is 2.43 bits per heavy atom. The van der Waals surface area contributed by atoms with Crippen LogP contribution in [0.3, 0.4) is 0 Å². The van der Waals surface area contributed by atoms with Crippen LogP contribution in [-0.2, 0) is 14.8 Å². The predicted octanol–water partition coefficient (Wildman–Crippen LogP) is 3.01. The van der Waals surface area contributed by atoms with Crippen molar-refractivity contribution in [1.82, 2.24) is 14.5 Å². The van der Waals surface area contributed by atoms with E-state index in [0.717, 1.165) is 32.5 Å². The number of hydrogen-bond acceptors (Lipinski definition) is 5. The van der Waals surface area contributed by atoms with Gasteiger partial charge in [0, 0.05) is 32.2 Å². The Morgan fingerprint density at radius 1 is 1.13 bits per heavy atom. The SMILES string of the molecule is CCCCN1CCC(NC(=O)c2cc(S(=O)(=O)N3CCOCC3)c(Cl)cc2Cl)CC1. The predicted molar refractivity (Wildman–Crippen MR) is 118 cm³/mol. The van der Waals surface area contributed by atoms with Gasteiger partial charge in [-0.1, -0.05) is 36.5 Å². The Balaban J connectivity index is 1.71. The Hall–Kier alpha value is -0.900. The minimum absolute atomic E-state index is 0.00674. The monoisotopic (exact) mass is 477 g/mol. The third-order valence-corrected chi connectivity index (χ3v) is 8.28. The van der Waals surface area contributed by atoms with Gasteiger partial charge in [0.05, 0.1) is 28.8 Å². The van der Waals surface area contributed by atoms with Gasteiger partial charge in [-0.2, -0.15) is 4.31 Å². The zero-order valence-electron chi connectivity index (χ0n) is 17.2. The largest absolute Gasteiger partial charge is 0.379 e. The first-order valence-electron chi connectivity index (χ1n) is 10.4. The minimum atomic E-state index is -3.84. The number of ether oxygens (including phenoxy) is 1. The number of nitrogens with zero attached hydrogens (tertiary/aromatic N) is 2. The summed E-state index contributed by atoms with van der Waals surface area (Å²) in [5, 5.41) is 3.15. The topological polar surface area (TPSA) is 79.0 Å². The summed E-state index contributed by atoms with van der Waals surface area (Å²) < 4.78 is 32.6. The number of benzene rings is 1. The first-order valence-corrected chi connectivity index (χ1v) is 12.6. The lowest BCUT2D eigenvalue weighted by molar-refractivity contribution is 0.0730. The van der Waals surface area contributed by atoms with Crippen LogP contribution in [0.25, 0.3) is 0 Å². The summed E-state index contributed by atoms with van der Waals surface area (Å²) in [6, 6.07) is 2.67. The van der Waals surface area contributed by atoms with Crippen LogP contribution in [0.15, 0.2) is 17.0 Å². The van der Waals surface area contributed by atoms with Crippen molar-refractivity contribution in [3.8, 4) is 0 Å². The number of hydrogen-bond donors (Lipinski definition) is 1. The molecule has 0 saturated carbocycles. The number of carbonyl (C=O) groups excluding carboxylic acids is 1. The fourth-order valence-corrected chi connectivity index (χ4v) is 6.01. The van der Waals surface area contributed by atoms with Gasteiger partial charge in [-0.05, 0) is 37.9 Å². The van der Waals surface area contributed by atoms with Gasteiger partial charge in [-0.25, -0.2) is 8.42 Å². The fraction of sp³-hybridized carbons (Fsp3) is 0.650. The number of piperidine rings is 1. The average Bonchev–Trinajstić information content (AvgIpc) is 2.73. The van der Waals surface area contributed by atoms with Gasteiger partial charge in [-0.3, -0.25) is 4.79 Å². The standard InChI is InChI=1S/C20H29Cl2N3O4S/c1-2-3-6-24-7-4-15(5-8-24)23-20(26)16-13-19(18(22)14-17(16)21)30(27,28)25-9-11-29-12-10-25/h13-15H,2-12H2,1H3,(H,23,26). The molecule has 2 heterocycles. The van der Waals surface area contributed by atoms with Crippen molar-refractivity contribution < 1.29 is 17.9 Å². The van der Waals surface area contributed by atoms with E-state index < -0.39 is 10.0 Å². The average molecular weight is 478 g/mol. The summed E-state index contributed by atoms with van der Waals surface area (Å²) in [6.07, 6.45) is 4.07. The van der Waals surface area contributed by atoms with Crippen LogP contribution in [0.1, 0.15) is 43.0 Å². The second-order valence-corrected chi connectivity index (χ2v) is 10.4. The number of morpholine rings is 1. The molecule has 168 valence electrons. The molecule has 7 nitrogen and oxygen atoms in total. The van der Waals surface area contributed by atoms with Crippen LogP contribution >= 0.6 is 23.2 Å². The van der Waals surface area contributed by atoms with Crippen LogP contribution < -0.4 is 5.32 Å². The molecular formula is C20H29Cl2N3O4S. The van der Waals surface area contributed by atoms with Gasteiger partial charge in [0.15, 0.2) is 0 Å². The van der Waals surface area contributed by atoms with E-state index in [-0.39, 0.29) is 45.5 Å². The highest BCUT2D eigenvalue weighted by molar-refractivity contribution is 7.89. The normalized spacial score (nSPS) is 19.7. The van der Waals surface area contributed by atoms with Crippen LogP contribution in [0, 0.1) is 0 Å². The molecule has 0 aromatic heterocycles. The third-order valence-electron chi connectivity index (χ3n) is 5.60. The lowest BCUT2D eigenvalue weighted by atomic mass is 10.0. The second kappa shape index (κ2) is 10.6. The smallest absolute Gasteiger partial charge is 0.253 e. The number of nitrogens with one attached hydrogen (secondary N) is 1. The molecule has 0 radical (unpaired) electrons. The van der Waals surface area contributed by atoms with Crippen LogP contribution in [0.2, 0.25) is 10.0 Å². The maximum absolute atomic E-state index is 13.0. The van der Waals surface area contributed by atoms with E-state index in [1.165, 1.54) is 29.3 Å². The van der Waals surface area contributed by atoms with Crippen molar-refractivity contribution in [1.29, 1.82) is 0 Å². The molecule has 2 aliphatic rings. The van der Waals surface area contributed by atoms with Gasteiger partial charge >= 0.3 is 0 Å². The maximum Gasteiger partial charge on any atom is 0.253 e. The van der Waals surface area contributed by atoms with E-state index in [2.05, 4.69) is 17.1 Å². The number of unbranched alkanes of at least 4 members (excludes halogenated alkanes) is 1. The van der Waals surface area contributed by atoms with Gasteiger partial charge in [-0.15, -0.1) is 0 Å². The fourth-order valence-electron chi connectivity index (χ4n) is 3.77. The molecule has 0 aliphatic carbocycles.